The maximum absolute atomic E-state index is 6.19. The minimum atomic E-state index is 0.488. The first-order valence-corrected chi connectivity index (χ1v) is 12.1. The van der Waals surface area contributed by atoms with Crippen LogP contribution in [-0.2, 0) is 22.3 Å². The van der Waals surface area contributed by atoms with Gasteiger partial charge < -0.3 is 19.3 Å². The number of hydrogen-bond donors (Lipinski definition) is 0. The molecule has 0 fully saturated rings. The van der Waals surface area contributed by atoms with Crippen LogP contribution in [0.25, 0.3) is 0 Å². The summed E-state index contributed by atoms with van der Waals surface area (Å²) in [4.78, 5) is 4.35. The molecule has 2 aromatic rings. The Hall–Kier alpha value is -1.72. The van der Waals surface area contributed by atoms with Gasteiger partial charge in [0.1, 0.15) is 0 Å². The van der Waals surface area contributed by atoms with Crippen molar-refractivity contribution in [1.82, 2.24) is 9.80 Å². The predicted octanol–water partition coefficient (Wildman–Crippen LogP) is 4.64. The Bertz CT molecular complexity index is 691. The normalized spacial score (nSPS) is 13.6. The van der Waals surface area contributed by atoms with Gasteiger partial charge >= 0.3 is 0 Å². The summed E-state index contributed by atoms with van der Waals surface area (Å²) in [5.74, 6) is 1.05. The van der Waals surface area contributed by atoms with Crippen LogP contribution in [0.3, 0.4) is 0 Å². The van der Waals surface area contributed by atoms with Gasteiger partial charge in [0, 0.05) is 19.7 Å². The van der Waals surface area contributed by atoms with Gasteiger partial charge in [0.05, 0.1) is 19.8 Å². The van der Waals surface area contributed by atoms with E-state index >= 15 is 0 Å². The molecule has 0 bridgehead atoms. The smallest absolute Gasteiger partial charge is 0.0593 e. The molecule has 4 nitrogen and oxygen atoms in total. The number of hydrogen-bond acceptors (Lipinski definition) is 4. The molecule has 0 aromatic heterocycles. The van der Waals surface area contributed by atoms with Crippen molar-refractivity contribution in [1.29, 1.82) is 0 Å². The van der Waals surface area contributed by atoms with Crippen LogP contribution in [0.1, 0.15) is 24.0 Å². The van der Waals surface area contributed by atoms with Gasteiger partial charge in [-0.15, -0.1) is 0 Å². The number of ether oxygens (including phenoxy) is 2. The van der Waals surface area contributed by atoms with Crippen molar-refractivity contribution in [3.8, 4) is 0 Å². The molecule has 2 rings (SSSR count). The molecule has 0 unspecified atom stereocenters. The lowest BCUT2D eigenvalue weighted by Gasteiger charge is -2.28. The number of nitrogens with zero attached hydrogens (tertiary/aromatic N) is 2. The Kier molecular flexibility index (Phi) is 13.2. The molecular weight excluding hydrogens is 396 g/mol. The quantitative estimate of drug-likeness (QED) is 0.335. The van der Waals surface area contributed by atoms with Crippen LogP contribution in [0.15, 0.2) is 60.7 Å². The molecule has 0 saturated carbocycles. The van der Waals surface area contributed by atoms with Gasteiger partial charge in [-0.05, 0) is 76.8 Å². The van der Waals surface area contributed by atoms with Crippen LogP contribution in [0.4, 0.5) is 0 Å². The summed E-state index contributed by atoms with van der Waals surface area (Å²) >= 11 is 0. The van der Waals surface area contributed by atoms with E-state index in [0.717, 1.165) is 65.2 Å². The predicted molar refractivity (Wildman–Crippen MR) is 135 cm³/mol. The first-order valence-electron chi connectivity index (χ1n) is 12.1. The molecule has 0 N–H and O–H groups in total. The van der Waals surface area contributed by atoms with Crippen LogP contribution >= 0.6 is 0 Å². The third kappa shape index (κ3) is 11.8. The molecule has 4 heteroatoms. The summed E-state index contributed by atoms with van der Waals surface area (Å²) in [5.41, 5.74) is 2.81. The lowest BCUT2D eigenvalue weighted by Crippen LogP contribution is -2.27. The molecule has 0 amide bonds. The summed E-state index contributed by atoms with van der Waals surface area (Å²) in [5, 5.41) is 0. The van der Waals surface area contributed by atoms with Crippen molar-refractivity contribution in [3.05, 3.63) is 71.8 Å². The Morgan fingerprint density at radius 1 is 0.625 bits per heavy atom. The van der Waals surface area contributed by atoms with Crippen molar-refractivity contribution in [2.45, 2.75) is 25.7 Å². The molecule has 2 aromatic carbocycles. The average molecular weight is 441 g/mol. The fraction of sp³-hybridized carbons (Fsp3) is 0.571. The van der Waals surface area contributed by atoms with E-state index in [0.29, 0.717) is 11.8 Å². The Morgan fingerprint density at radius 2 is 1.12 bits per heavy atom. The summed E-state index contributed by atoms with van der Waals surface area (Å²) in [6, 6.07) is 21.8. The second kappa shape index (κ2) is 16.0. The molecular formula is C28H44N2O2. The summed E-state index contributed by atoms with van der Waals surface area (Å²) in [6.45, 7) is 5.16. The van der Waals surface area contributed by atoms with Gasteiger partial charge in [-0.1, -0.05) is 60.7 Å². The van der Waals surface area contributed by atoms with Gasteiger partial charge in [0.25, 0.3) is 0 Å². The van der Waals surface area contributed by atoms with E-state index < -0.39 is 0 Å². The molecule has 178 valence electrons. The van der Waals surface area contributed by atoms with Gasteiger partial charge in [-0.25, -0.2) is 0 Å². The zero-order valence-electron chi connectivity index (χ0n) is 20.7. The standard InChI is InChI=1S/C28H44N2O2/c1-29(2)17-20-31-19-11-16-27(22-25-12-7-5-8-13-25)28(24-32-21-18-30(3)4)23-26-14-9-6-10-15-26/h5-10,12-15,27-28H,11,16-24H2,1-4H3/t27-,28+/m0/s1. The van der Waals surface area contributed by atoms with Crippen molar-refractivity contribution >= 4 is 0 Å². The van der Waals surface area contributed by atoms with Crippen LogP contribution in [-0.4, -0.2) is 77.5 Å². The Labute approximate surface area is 196 Å². The maximum atomic E-state index is 6.19. The van der Waals surface area contributed by atoms with Crippen molar-refractivity contribution in [2.75, 3.05) is 67.7 Å². The van der Waals surface area contributed by atoms with Gasteiger partial charge in [0.2, 0.25) is 0 Å². The van der Waals surface area contributed by atoms with Crippen LogP contribution in [0.5, 0.6) is 0 Å². The Morgan fingerprint density at radius 3 is 1.66 bits per heavy atom. The van der Waals surface area contributed by atoms with Gasteiger partial charge in [-0.3, -0.25) is 0 Å². The highest BCUT2D eigenvalue weighted by Crippen LogP contribution is 2.27. The summed E-state index contributed by atoms with van der Waals surface area (Å²) in [7, 11) is 8.37. The lowest BCUT2D eigenvalue weighted by atomic mass is 9.80. The number of rotatable bonds is 17. The minimum absolute atomic E-state index is 0.488. The minimum Gasteiger partial charge on any atom is -0.380 e. The number of benzene rings is 2. The van der Waals surface area contributed by atoms with Crippen LogP contribution < -0.4 is 0 Å². The fourth-order valence-corrected chi connectivity index (χ4v) is 3.98. The zero-order chi connectivity index (χ0) is 23.0. The highest BCUT2D eigenvalue weighted by atomic mass is 16.5. The van der Waals surface area contributed by atoms with E-state index in [1.54, 1.807) is 0 Å². The monoisotopic (exact) mass is 440 g/mol. The van der Waals surface area contributed by atoms with E-state index in [1.165, 1.54) is 11.1 Å². The van der Waals surface area contributed by atoms with E-state index in [-0.39, 0.29) is 0 Å². The molecule has 0 saturated heterocycles. The average Bonchev–Trinajstić information content (AvgIpc) is 2.78. The molecule has 0 spiro atoms. The third-order valence-corrected chi connectivity index (χ3v) is 5.91. The molecule has 0 aliphatic carbocycles. The Balaban J connectivity index is 2.02. The van der Waals surface area contributed by atoms with E-state index in [4.69, 9.17) is 9.47 Å². The van der Waals surface area contributed by atoms with Crippen LogP contribution in [0, 0.1) is 11.8 Å². The topological polar surface area (TPSA) is 24.9 Å². The van der Waals surface area contributed by atoms with E-state index in [2.05, 4.69) is 98.7 Å². The van der Waals surface area contributed by atoms with Gasteiger partial charge in [0.15, 0.2) is 0 Å². The van der Waals surface area contributed by atoms with E-state index in [1.807, 2.05) is 0 Å². The van der Waals surface area contributed by atoms with Gasteiger partial charge in [-0.2, -0.15) is 0 Å². The van der Waals surface area contributed by atoms with Crippen LogP contribution in [0.2, 0.25) is 0 Å². The molecule has 0 aliphatic rings. The third-order valence-electron chi connectivity index (χ3n) is 5.91. The SMILES string of the molecule is CN(C)CCOCCC[C@@H](Cc1ccccc1)[C@@H](COCCN(C)C)Cc1ccccc1. The first-order chi connectivity index (χ1) is 15.5. The molecule has 0 heterocycles. The zero-order valence-corrected chi connectivity index (χ0v) is 20.7. The highest BCUT2D eigenvalue weighted by molar-refractivity contribution is 5.17. The summed E-state index contributed by atoms with van der Waals surface area (Å²) in [6.07, 6.45) is 4.40. The largest absolute Gasteiger partial charge is 0.380 e. The maximum Gasteiger partial charge on any atom is 0.0593 e. The first kappa shape index (κ1) is 26.5. The summed E-state index contributed by atoms with van der Waals surface area (Å²) < 4.78 is 12.1. The van der Waals surface area contributed by atoms with E-state index in [9.17, 15) is 0 Å². The molecule has 2 atom stereocenters. The lowest BCUT2D eigenvalue weighted by molar-refractivity contribution is 0.0601. The molecule has 0 aliphatic heterocycles. The second-order valence-electron chi connectivity index (χ2n) is 9.34. The van der Waals surface area contributed by atoms with Crippen molar-refractivity contribution in [3.63, 3.8) is 0 Å². The molecule has 32 heavy (non-hydrogen) atoms. The second-order valence-corrected chi connectivity index (χ2v) is 9.34. The van der Waals surface area contributed by atoms with Crippen molar-refractivity contribution < 1.29 is 9.47 Å². The highest BCUT2D eigenvalue weighted by Gasteiger charge is 2.23. The number of likely N-dealkylation sites (N-methyl/N-ethyl adjacent to an activating group) is 2. The molecule has 0 radical (unpaired) electrons. The fourth-order valence-electron chi connectivity index (χ4n) is 3.98. The van der Waals surface area contributed by atoms with Crippen molar-refractivity contribution in [2.24, 2.45) is 11.8 Å².